The molecule has 4 unspecified atom stereocenters. The molecule has 3 aliphatic rings. The van der Waals surface area contributed by atoms with E-state index in [1.807, 2.05) is 6.92 Å². The van der Waals surface area contributed by atoms with Gasteiger partial charge < -0.3 is 4.18 Å². The summed E-state index contributed by atoms with van der Waals surface area (Å²) in [5.41, 5.74) is -5.68. The highest BCUT2D eigenvalue weighted by Crippen LogP contribution is 2.62. The number of Topliss-reactive ketones (excluding diaryl/α,β-unsaturated/α-hetero) is 1. The van der Waals surface area contributed by atoms with Crippen molar-refractivity contribution in [3.05, 3.63) is 33.4 Å². The lowest BCUT2D eigenvalue weighted by atomic mass is 9.54. The normalized spacial score (nSPS) is 31.5. The van der Waals surface area contributed by atoms with Gasteiger partial charge in [-0.3, -0.25) is 14.9 Å². The molecule has 0 heterocycles. The standard InChI is InChI=1S/C22H26F3NO6S/c1-3-4-13-10-19(27)21(2)8-7-14-15(20(13)21)6-5-12-9-18(17(26(28)29)11-16(12)14)32-33(30,31)22(23,24)25/h9,11,13-15,20H,3-8,10H2,1-2H3/t13-,14?,15?,20?,21?/m1/s1. The maximum Gasteiger partial charge on any atom is 0.534 e. The molecule has 0 bridgehead atoms. The quantitative estimate of drug-likeness (QED) is 0.241. The summed E-state index contributed by atoms with van der Waals surface area (Å²) in [5, 5.41) is 11.6. The van der Waals surface area contributed by atoms with E-state index in [0.717, 1.165) is 18.9 Å². The molecule has 2 fully saturated rings. The second-order valence-electron chi connectivity index (χ2n) is 9.73. The number of aryl methyl sites for hydroxylation is 1. The van der Waals surface area contributed by atoms with Gasteiger partial charge in [-0.05, 0) is 73.0 Å². The Kier molecular flexibility index (Phi) is 5.78. The van der Waals surface area contributed by atoms with Gasteiger partial charge in [0, 0.05) is 17.9 Å². The van der Waals surface area contributed by atoms with Crippen LogP contribution < -0.4 is 4.18 Å². The highest BCUT2D eigenvalue weighted by atomic mass is 32.2. The zero-order chi connectivity index (χ0) is 24.3. The summed E-state index contributed by atoms with van der Waals surface area (Å²) in [6.45, 7) is 4.11. The van der Waals surface area contributed by atoms with Crippen LogP contribution in [0.15, 0.2) is 12.1 Å². The van der Waals surface area contributed by atoms with Crippen LogP contribution in [0.25, 0.3) is 0 Å². The first-order chi connectivity index (χ1) is 15.3. The predicted molar refractivity (Wildman–Crippen MR) is 112 cm³/mol. The number of rotatable bonds is 5. The molecule has 0 spiro atoms. The van der Waals surface area contributed by atoms with Crippen LogP contribution in [0.2, 0.25) is 0 Å². The highest BCUT2D eigenvalue weighted by Gasteiger charge is 2.58. The number of halogens is 3. The van der Waals surface area contributed by atoms with Crippen molar-refractivity contribution in [2.45, 2.75) is 70.2 Å². The molecule has 0 saturated heterocycles. The summed E-state index contributed by atoms with van der Waals surface area (Å²) < 4.78 is 65.5. The highest BCUT2D eigenvalue weighted by molar-refractivity contribution is 7.88. The lowest BCUT2D eigenvalue weighted by Crippen LogP contribution is -2.44. The minimum absolute atomic E-state index is 0.0657. The molecular weight excluding hydrogens is 463 g/mol. The van der Waals surface area contributed by atoms with Crippen molar-refractivity contribution in [1.82, 2.24) is 0 Å². The number of hydrogen-bond acceptors (Lipinski definition) is 6. The number of benzene rings is 1. The van der Waals surface area contributed by atoms with Crippen molar-refractivity contribution in [3.63, 3.8) is 0 Å². The molecule has 5 atom stereocenters. The Balaban J connectivity index is 1.74. The molecule has 0 aliphatic heterocycles. The van der Waals surface area contributed by atoms with E-state index in [9.17, 15) is 36.5 Å². The summed E-state index contributed by atoms with van der Waals surface area (Å²) in [7, 11) is -6.04. The van der Waals surface area contributed by atoms with E-state index in [0.29, 0.717) is 43.2 Å². The molecular formula is C22H26F3NO6S. The van der Waals surface area contributed by atoms with E-state index in [2.05, 4.69) is 11.1 Å². The van der Waals surface area contributed by atoms with E-state index < -0.39 is 37.4 Å². The zero-order valence-electron chi connectivity index (χ0n) is 18.4. The number of nitro benzene ring substituents is 1. The van der Waals surface area contributed by atoms with Crippen molar-refractivity contribution >= 4 is 21.6 Å². The maximum absolute atomic E-state index is 12.9. The molecule has 3 aliphatic carbocycles. The van der Waals surface area contributed by atoms with Crippen LogP contribution in [0.5, 0.6) is 5.75 Å². The molecule has 1 aromatic rings. The number of fused-ring (bicyclic) bond motifs is 5. The van der Waals surface area contributed by atoms with Gasteiger partial charge in [-0.25, -0.2) is 0 Å². The Bertz CT molecular complexity index is 1100. The first-order valence-corrected chi connectivity index (χ1v) is 12.6. The summed E-state index contributed by atoms with van der Waals surface area (Å²) >= 11 is 0. The lowest BCUT2D eigenvalue weighted by Gasteiger charge is -2.49. The third-order valence-electron chi connectivity index (χ3n) is 7.99. The van der Waals surface area contributed by atoms with Crippen LogP contribution in [-0.2, 0) is 21.3 Å². The molecule has 0 amide bonds. The summed E-state index contributed by atoms with van der Waals surface area (Å²) in [6.07, 6.45) is 4.86. The monoisotopic (exact) mass is 489 g/mol. The van der Waals surface area contributed by atoms with Crippen molar-refractivity contribution in [1.29, 1.82) is 0 Å². The molecule has 4 rings (SSSR count). The first kappa shape index (κ1) is 24.0. The fourth-order valence-corrected chi connectivity index (χ4v) is 7.12. The number of nitrogens with zero attached hydrogens (tertiary/aromatic N) is 1. The van der Waals surface area contributed by atoms with Crippen LogP contribution in [0.3, 0.4) is 0 Å². The number of carbonyl (C=O) groups excluding carboxylic acids is 1. The van der Waals surface area contributed by atoms with Gasteiger partial charge >= 0.3 is 21.3 Å². The van der Waals surface area contributed by atoms with Gasteiger partial charge in [0.1, 0.15) is 5.78 Å². The molecule has 11 heteroatoms. The average molecular weight is 490 g/mol. The van der Waals surface area contributed by atoms with E-state index >= 15 is 0 Å². The van der Waals surface area contributed by atoms with Gasteiger partial charge in [-0.1, -0.05) is 20.3 Å². The second-order valence-corrected chi connectivity index (χ2v) is 11.3. The maximum atomic E-state index is 12.9. The van der Waals surface area contributed by atoms with Gasteiger partial charge in [0.2, 0.25) is 5.75 Å². The van der Waals surface area contributed by atoms with E-state index in [1.54, 1.807) is 0 Å². The fourth-order valence-electron chi connectivity index (χ4n) is 6.66. The second kappa shape index (κ2) is 7.95. The molecule has 0 N–H and O–H groups in total. The van der Waals surface area contributed by atoms with Crippen LogP contribution in [0.1, 0.15) is 69.4 Å². The number of carbonyl (C=O) groups is 1. The van der Waals surface area contributed by atoms with E-state index in [4.69, 9.17) is 0 Å². The summed E-state index contributed by atoms with van der Waals surface area (Å²) in [4.78, 5) is 23.6. The van der Waals surface area contributed by atoms with E-state index in [1.165, 1.54) is 6.07 Å². The topological polar surface area (TPSA) is 104 Å². The van der Waals surface area contributed by atoms with Crippen LogP contribution in [0.4, 0.5) is 18.9 Å². The molecule has 0 radical (unpaired) electrons. The molecule has 2 saturated carbocycles. The van der Waals surface area contributed by atoms with Crippen molar-refractivity contribution in [3.8, 4) is 5.75 Å². The third-order valence-corrected chi connectivity index (χ3v) is 8.95. The third kappa shape index (κ3) is 3.81. The lowest BCUT2D eigenvalue weighted by molar-refractivity contribution is -0.385. The minimum atomic E-state index is -6.04. The predicted octanol–water partition coefficient (Wildman–Crippen LogP) is 5.27. The minimum Gasteiger partial charge on any atom is -0.369 e. The Morgan fingerprint density at radius 3 is 2.58 bits per heavy atom. The number of nitro groups is 1. The smallest absolute Gasteiger partial charge is 0.369 e. The molecule has 7 nitrogen and oxygen atoms in total. The van der Waals surface area contributed by atoms with Crippen molar-refractivity contribution < 1.29 is 35.5 Å². The zero-order valence-corrected chi connectivity index (χ0v) is 19.2. The van der Waals surface area contributed by atoms with Crippen LogP contribution >= 0.6 is 0 Å². The van der Waals surface area contributed by atoms with E-state index in [-0.39, 0.29) is 29.5 Å². The summed E-state index contributed by atoms with van der Waals surface area (Å²) in [6, 6.07) is 2.26. The molecule has 1 aromatic carbocycles. The molecule has 0 aromatic heterocycles. The summed E-state index contributed by atoms with van der Waals surface area (Å²) in [5.74, 6) is -0.139. The van der Waals surface area contributed by atoms with Gasteiger partial charge in [0.15, 0.2) is 0 Å². The number of hydrogen-bond donors (Lipinski definition) is 0. The molecule has 33 heavy (non-hydrogen) atoms. The van der Waals surface area contributed by atoms with Crippen LogP contribution in [-0.4, -0.2) is 24.6 Å². The molecule has 182 valence electrons. The van der Waals surface area contributed by atoms with Crippen LogP contribution in [0, 0.1) is 33.3 Å². The number of ketones is 1. The van der Waals surface area contributed by atoms with Crippen molar-refractivity contribution in [2.24, 2.45) is 23.2 Å². The van der Waals surface area contributed by atoms with Crippen molar-refractivity contribution in [2.75, 3.05) is 0 Å². The Morgan fingerprint density at radius 2 is 1.97 bits per heavy atom. The van der Waals surface area contributed by atoms with Gasteiger partial charge in [0.25, 0.3) is 0 Å². The Hall–Kier alpha value is -2.17. The fraction of sp³-hybridized carbons (Fsp3) is 0.682. The first-order valence-electron chi connectivity index (χ1n) is 11.2. The number of alkyl halides is 3. The SMILES string of the molecule is CCC[C@@H]1CC(=O)C2(C)CCC3c4cc([N+](=O)[O-])c(OS(=O)(=O)C(F)(F)F)cc4CCC3C12. The Labute approximate surface area is 190 Å². The Morgan fingerprint density at radius 1 is 1.27 bits per heavy atom. The largest absolute Gasteiger partial charge is 0.534 e. The van der Waals surface area contributed by atoms with Gasteiger partial charge in [0.05, 0.1) is 4.92 Å². The van der Waals surface area contributed by atoms with Gasteiger partial charge in [-0.15, -0.1) is 0 Å². The van der Waals surface area contributed by atoms with Gasteiger partial charge in [-0.2, -0.15) is 21.6 Å². The average Bonchev–Trinajstić information content (AvgIpc) is 2.96.